The Morgan fingerprint density at radius 3 is 2.41 bits per heavy atom. The van der Waals surface area contributed by atoms with E-state index in [9.17, 15) is 9.18 Å². The second-order valence-corrected chi connectivity index (χ2v) is 10.2. The number of carbonyl (C=O) groups is 1. The summed E-state index contributed by atoms with van der Waals surface area (Å²) in [5, 5.41) is 1.58. The highest BCUT2D eigenvalue weighted by molar-refractivity contribution is 5.60. The van der Waals surface area contributed by atoms with E-state index in [4.69, 9.17) is 19.0 Å². The summed E-state index contributed by atoms with van der Waals surface area (Å²) < 4.78 is 31.2. The van der Waals surface area contributed by atoms with Crippen LogP contribution in [0.25, 0.3) is 0 Å². The van der Waals surface area contributed by atoms with Gasteiger partial charge in [-0.05, 0) is 68.1 Å². The van der Waals surface area contributed by atoms with E-state index >= 15 is 0 Å². The summed E-state index contributed by atoms with van der Waals surface area (Å²) in [7, 11) is 0. The molecule has 4 rings (SSSR count). The summed E-state index contributed by atoms with van der Waals surface area (Å²) >= 11 is 0. The molecule has 1 aliphatic rings. The van der Waals surface area contributed by atoms with Gasteiger partial charge in [-0.1, -0.05) is 54.6 Å². The molecule has 1 aliphatic heterocycles. The number of carbonyl (C=O) groups excluding carboxylic acids is 1. The third kappa shape index (κ3) is 8.30. The van der Waals surface area contributed by atoms with E-state index in [1.54, 1.807) is 38.0 Å². The first-order chi connectivity index (χ1) is 17.7. The third-order valence-electron chi connectivity index (χ3n) is 6.02. The van der Waals surface area contributed by atoms with Crippen LogP contribution in [0.15, 0.2) is 78.9 Å². The average molecular weight is 508 g/mol. The third-order valence-corrected chi connectivity index (χ3v) is 6.02. The van der Waals surface area contributed by atoms with Crippen LogP contribution < -0.4 is 4.74 Å². The van der Waals surface area contributed by atoms with Gasteiger partial charge >= 0.3 is 6.16 Å². The maximum absolute atomic E-state index is 13.5. The highest BCUT2D eigenvalue weighted by Gasteiger charge is 2.34. The molecule has 3 aromatic rings. The highest BCUT2D eigenvalue weighted by atomic mass is 19.1. The van der Waals surface area contributed by atoms with E-state index in [-0.39, 0.29) is 17.8 Å². The largest absolute Gasteiger partial charge is 0.528 e. The van der Waals surface area contributed by atoms with Crippen molar-refractivity contribution < 1.29 is 28.2 Å². The number of benzene rings is 3. The fourth-order valence-electron chi connectivity index (χ4n) is 4.27. The topological polar surface area (TPSA) is 57.2 Å². The molecule has 1 heterocycles. The number of hydrogen-bond donors (Lipinski definition) is 0. The quantitative estimate of drug-likeness (QED) is 0.318. The van der Waals surface area contributed by atoms with Gasteiger partial charge in [0.15, 0.2) is 0 Å². The van der Waals surface area contributed by atoms with Gasteiger partial charge in [-0.2, -0.15) is 0 Å². The Hall–Kier alpha value is -3.42. The first-order valence-corrected chi connectivity index (χ1v) is 12.5. The zero-order valence-corrected chi connectivity index (χ0v) is 21.6. The van der Waals surface area contributed by atoms with E-state index in [1.807, 2.05) is 54.6 Å². The summed E-state index contributed by atoms with van der Waals surface area (Å²) in [6.45, 7) is 7.09. The molecule has 0 saturated carbocycles. The van der Waals surface area contributed by atoms with Gasteiger partial charge in [0, 0.05) is 12.5 Å². The van der Waals surface area contributed by atoms with Crippen LogP contribution in [0.2, 0.25) is 0 Å². The van der Waals surface area contributed by atoms with Crippen molar-refractivity contribution in [2.75, 3.05) is 13.1 Å². The number of ether oxygens (including phenoxy) is 3. The predicted octanol–water partition coefficient (Wildman–Crippen LogP) is 6.65. The van der Waals surface area contributed by atoms with Gasteiger partial charge in [0.2, 0.25) is 0 Å². The molecule has 7 heteroatoms. The van der Waals surface area contributed by atoms with Crippen LogP contribution in [0.5, 0.6) is 5.75 Å². The summed E-state index contributed by atoms with van der Waals surface area (Å²) in [6.07, 6.45) is -0.343. The van der Waals surface area contributed by atoms with Gasteiger partial charge in [0.25, 0.3) is 0 Å². The summed E-state index contributed by atoms with van der Waals surface area (Å²) in [6, 6.07) is 24.3. The Bertz CT molecular complexity index is 1150. The minimum absolute atomic E-state index is 0.0246. The number of hydrogen-bond acceptors (Lipinski definition) is 6. The Balaban J connectivity index is 1.41. The fraction of sp³-hybridized carbons (Fsp3) is 0.367. The molecule has 0 bridgehead atoms. The normalized spacial score (nSPS) is 18.3. The minimum atomic E-state index is -0.741. The predicted molar refractivity (Wildman–Crippen MR) is 138 cm³/mol. The van der Waals surface area contributed by atoms with Gasteiger partial charge < -0.3 is 19.0 Å². The Labute approximate surface area is 217 Å². The highest BCUT2D eigenvalue weighted by Crippen LogP contribution is 2.32. The van der Waals surface area contributed by atoms with E-state index in [0.717, 1.165) is 22.4 Å². The van der Waals surface area contributed by atoms with Crippen molar-refractivity contribution in [2.45, 2.75) is 58.0 Å². The van der Waals surface area contributed by atoms with Crippen molar-refractivity contribution in [1.29, 1.82) is 0 Å². The van der Waals surface area contributed by atoms with Crippen LogP contribution in [0.3, 0.4) is 0 Å². The van der Waals surface area contributed by atoms with E-state index in [2.05, 4.69) is 0 Å². The molecule has 0 radical (unpaired) electrons. The van der Waals surface area contributed by atoms with Gasteiger partial charge in [-0.3, -0.25) is 0 Å². The van der Waals surface area contributed by atoms with Gasteiger partial charge in [0.1, 0.15) is 23.8 Å². The standard InChI is InChI=1S/C30H34FNO5/c1-30(2,3)36-29(33)37-32-17-16-27(24-12-14-25(31)15-13-24)28(19-32)35-21-23-10-7-11-26(18-23)34-20-22-8-5-4-6-9-22/h4-15,18,27-28H,16-17,19-21H2,1-3H3. The SMILES string of the molecule is CC(C)(C)OC(=O)ON1CCC(c2ccc(F)cc2)C(OCc2cccc(OCc3ccccc3)c2)C1. The molecule has 0 aromatic heterocycles. The molecule has 0 N–H and O–H groups in total. The van der Waals surface area contributed by atoms with Gasteiger partial charge in [-0.15, -0.1) is 5.06 Å². The number of halogens is 1. The molecule has 2 unspecified atom stereocenters. The van der Waals surface area contributed by atoms with E-state index in [1.165, 1.54) is 12.1 Å². The number of piperidine rings is 1. The van der Waals surface area contributed by atoms with Crippen LogP contribution >= 0.6 is 0 Å². The summed E-state index contributed by atoms with van der Waals surface area (Å²) in [5.41, 5.74) is 2.41. The molecule has 1 saturated heterocycles. The molecular formula is C30H34FNO5. The lowest BCUT2D eigenvalue weighted by Crippen LogP contribution is -2.45. The zero-order chi connectivity index (χ0) is 26.3. The van der Waals surface area contributed by atoms with Crippen LogP contribution in [0, 0.1) is 5.82 Å². The fourth-order valence-corrected chi connectivity index (χ4v) is 4.27. The molecule has 2 atom stereocenters. The van der Waals surface area contributed by atoms with Crippen molar-refractivity contribution in [2.24, 2.45) is 0 Å². The molecule has 1 fully saturated rings. The smallest absolute Gasteiger partial charge is 0.489 e. The lowest BCUT2D eigenvalue weighted by molar-refractivity contribution is -0.179. The summed E-state index contributed by atoms with van der Waals surface area (Å²) in [4.78, 5) is 17.7. The first kappa shape index (κ1) is 26.6. The number of rotatable bonds is 8. The molecule has 3 aromatic carbocycles. The Morgan fingerprint density at radius 2 is 1.68 bits per heavy atom. The number of nitrogens with zero attached hydrogens (tertiary/aromatic N) is 1. The van der Waals surface area contributed by atoms with Crippen molar-refractivity contribution in [3.63, 3.8) is 0 Å². The van der Waals surface area contributed by atoms with Crippen LogP contribution in [-0.2, 0) is 27.5 Å². The molecule has 0 aliphatic carbocycles. The first-order valence-electron chi connectivity index (χ1n) is 12.5. The monoisotopic (exact) mass is 507 g/mol. The minimum Gasteiger partial charge on any atom is -0.489 e. The average Bonchev–Trinajstić information content (AvgIpc) is 2.87. The molecule has 0 spiro atoms. The second-order valence-electron chi connectivity index (χ2n) is 10.2. The lowest BCUT2D eigenvalue weighted by atomic mass is 9.87. The van der Waals surface area contributed by atoms with Crippen molar-refractivity contribution in [3.8, 4) is 5.75 Å². The molecule has 0 amide bonds. The molecule has 196 valence electrons. The maximum Gasteiger partial charge on any atom is 0.528 e. The second kappa shape index (κ2) is 12.2. The van der Waals surface area contributed by atoms with E-state index < -0.39 is 11.8 Å². The molecule has 37 heavy (non-hydrogen) atoms. The van der Waals surface area contributed by atoms with Crippen LogP contribution in [0.4, 0.5) is 9.18 Å². The Morgan fingerprint density at radius 1 is 0.946 bits per heavy atom. The van der Waals surface area contributed by atoms with Crippen LogP contribution in [-0.4, -0.2) is 36.0 Å². The zero-order valence-electron chi connectivity index (χ0n) is 21.6. The van der Waals surface area contributed by atoms with Crippen molar-refractivity contribution in [1.82, 2.24) is 5.06 Å². The van der Waals surface area contributed by atoms with Crippen LogP contribution in [0.1, 0.15) is 49.8 Å². The molecule has 6 nitrogen and oxygen atoms in total. The van der Waals surface area contributed by atoms with Gasteiger partial charge in [-0.25, -0.2) is 9.18 Å². The van der Waals surface area contributed by atoms with Crippen molar-refractivity contribution >= 4 is 6.16 Å². The van der Waals surface area contributed by atoms with Gasteiger partial charge in [0.05, 0.1) is 19.3 Å². The van der Waals surface area contributed by atoms with Crippen molar-refractivity contribution in [3.05, 3.63) is 101 Å². The Kier molecular flexibility index (Phi) is 8.79. The lowest BCUT2D eigenvalue weighted by Gasteiger charge is -2.37. The number of hydroxylamine groups is 2. The summed E-state index contributed by atoms with van der Waals surface area (Å²) in [5.74, 6) is 0.509. The maximum atomic E-state index is 13.5. The van der Waals surface area contributed by atoms with E-state index in [0.29, 0.717) is 32.7 Å². The molecular weight excluding hydrogens is 473 g/mol.